The van der Waals surface area contributed by atoms with Gasteiger partial charge in [-0.15, -0.1) is 0 Å². The van der Waals surface area contributed by atoms with E-state index in [1.807, 2.05) is 23.8 Å². The van der Waals surface area contributed by atoms with E-state index in [0.29, 0.717) is 31.8 Å². The van der Waals surface area contributed by atoms with Crippen molar-refractivity contribution in [2.75, 3.05) is 13.2 Å². The van der Waals surface area contributed by atoms with E-state index < -0.39 is 6.04 Å². The summed E-state index contributed by atoms with van der Waals surface area (Å²) in [5.74, 6) is -0.389. The van der Waals surface area contributed by atoms with E-state index in [-0.39, 0.29) is 11.9 Å². The Labute approximate surface area is 133 Å². The minimum atomic E-state index is -0.454. The summed E-state index contributed by atoms with van der Waals surface area (Å²) >= 11 is 3.40. The molecule has 1 aliphatic heterocycles. The summed E-state index contributed by atoms with van der Waals surface area (Å²) in [6, 6.07) is 1.35. The molecule has 0 radical (unpaired) electrons. The summed E-state index contributed by atoms with van der Waals surface area (Å²) in [5.41, 5.74) is 0.612. The highest BCUT2D eigenvalue weighted by Gasteiger charge is 2.34. The Bertz CT molecular complexity index is 527. The smallest absolute Gasteiger partial charge is 0.328 e. The summed E-state index contributed by atoms with van der Waals surface area (Å²) < 4.78 is 7.88. The van der Waals surface area contributed by atoms with Crippen LogP contribution in [0.25, 0.3) is 0 Å². The molecule has 0 saturated carbocycles. The Balaban J connectivity index is 2.24. The number of rotatable bonds is 4. The Morgan fingerprint density at radius 3 is 2.81 bits per heavy atom. The molecule has 1 aliphatic rings. The largest absolute Gasteiger partial charge is 0.464 e. The third kappa shape index (κ3) is 3.48. The fourth-order valence-corrected chi connectivity index (χ4v) is 3.18. The molecule has 1 aromatic rings. The fraction of sp³-hybridized carbons (Fsp3) is 0.600. The molecule has 1 unspecified atom stereocenters. The Kier molecular flexibility index (Phi) is 5.45. The van der Waals surface area contributed by atoms with Crippen LogP contribution in [0.15, 0.2) is 16.7 Å². The summed E-state index contributed by atoms with van der Waals surface area (Å²) in [4.78, 5) is 26.5. The Morgan fingerprint density at radius 2 is 2.14 bits per heavy atom. The van der Waals surface area contributed by atoms with Crippen LogP contribution >= 0.6 is 15.9 Å². The van der Waals surface area contributed by atoms with Crippen LogP contribution in [0.3, 0.4) is 0 Å². The monoisotopic (exact) mass is 356 g/mol. The predicted molar refractivity (Wildman–Crippen MR) is 83.1 cm³/mol. The average molecular weight is 357 g/mol. The van der Waals surface area contributed by atoms with Crippen molar-refractivity contribution in [2.45, 2.75) is 45.7 Å². The molecular weight excluding hydrogens is 336 g/mol. The first-order valence-electron chi connectivity index (χ1n) is 7.41. The third-order valence-corrected chi connectivity index (χ3v) is 4.18. The number of nitrogens with zero attached hydrogens (tertiary/aromatic N) is 2. The van der Waals surface area contributed by atoms with E-state index in [9.17, 15) is 9.59 Å². The van der Waals surface area contributed by atoms with Gasteiger partial charge >= 0.3 is 5.97 Å². The first-order chi connectivity index (χ1) is 10.1. The van der Waals surface area contributed by atoms with Crippen molar-refractivity contribution in [3.05, 3.63) is 22.4 Å². The number of esters is 1. The minimum Gasteiger partial charge on any atom is -0.464 e. The van der Waals surface area contributed by atoms with Crippen LogP contribution in [0, 0.1) is 0 Å². The number of carbonyl (C=O) groups is 2. The van der Waals surface area contributed by atoms with Crippen molar-refractivity contribution in [1.82, 2.24) is 9.47 Å². The maximum atomic E-state index is 12.8. The molecule has 0 aromatic carbocycles. The van der Waals surface area contributed by atoms with E-state index in [2.05, 4.69) is 15.9 Å². The van der Waals surface area contributed by atoms with Gasteiger partial charge < -0.3 is 14.2 Å². The molecule has 2 rings (SSSR count). The van der Waals surface area contributed by atoms with Gasteiger partial charge in [0.15, 0.2) is 0 Å². The standard InChI is InChI=1S/C15H21BrN2O3/c1-3-17-10-11(16)9-13(17)14(19)18-8-6-5-7-12(18)15(20)21-4-2/h9-10,12H,3-8H2,1-2H3. The molecule has 1 saturated heterocycles. The fourth-order valence-electron chi connectivity index (χ4n) is 2.72. The van der Waals surface area contributed by atoms with Gasteiger partial charge in [0, 0.05) is 23.8 Å². The number of amides is 1. The lowest BCUT2D eigenvalue weighted by molar-refractivity contribution is -0.149. The maximum absolute atomic E-state index is 12.8. The van der Waals surface area contributed by atoms with Gasteiger partial charge in [-0.2, -0.15) is 0 Å². The number of aryl methyl sites for hydroxylation is 1. The number of piperidine rings is 1. The number of hydrogen-bond acceptors (Lipinski definition) is 3. The number of hydrogen-bond donors (Lipinski definition) is 0. The van der Waals surface area contributed by atoms with Crippen LogP contribution in [-0.2, 0) is 16.1 Å². The molecule has 0 spiro atoms. The van der Waals surface area contributed by atoms with E-state index in [1.165, 1.54) is 0 Å². The average Bonchev–Trinajstić information content (AvgIpc) is 2.88. The molecule has 0 bridgehead atoms. The molecule has 1 amide bonds. The SMILES string of the molecule is CCOC(=O)C1CCCCN1C(=O)c1cc(Br)cn1CC. The highest BCUT2D eigenvalue weighted by Crippen LogP contribution is 2.23. The molecule has 6 heteroatoms. The summed E-state index contributed by atoms with van der Waals surface area (Å²) in [7, 11) is 0. The van der Waals surface area contributed by atoms with Crippen molar-refractivity contribution in [1.29, 1.82) is 0 Å². The van der Waals surface area contributed by atoms with Crippen molar-refractivity contribution in [2.24, 2.45) is 0 Å². The van der Waals surface area contributed by atoms with Crippen molar-refractivity contribution < 1.29 is 14.3 Å². The third-order valence-electron chi connectivity index (χ3n) is 3.75. The number of halogens is 1. The van der Waals surface area contributed by atoms with E-state index >= 15 is 0 Å². The van der Waals surface area contributed by atoms with Gasteiger partial charge in [-0.25, -0.2) is 4.79 Å². The van der Waals surface area contributed by atoms with Gasteiger partial charge in [0.1, 0.15) is 11.7 Å². The van der Waals surface area contributed by atoms with Crippen LogP contribution < -0.4 is 0 Å². The quantitative estimate of drug-likeness (QED) is 0.779. The number of likely N-dealkylation sites (tertiary alicyclic amines) is 1. The highest BCUT2D eigenvalue weighted by atomic mass is 79.9. The van der Waals surface area contributed by atoms with E-state index in [1.54, 1.807) is 11.8 Å². The van der Waals surface area contributed by atoms with Crippen LogP contribution in [0.4, 0.5) is 0 Å². The Hall–Kier alpha value is -1.30. The van der Waals surface area contributed by atoms with Gasteiger partial charge in [-0.1, -0.05) is 0 Å². The van der Waals surface area contributed by atoms with Gasteiger partial charge in [0.05, 0.1) is 6.61 Å². The summed E-state index contributed by atoms with van der Waals surface area (Å²) in [6.45, 7) is 5.43. The molecule has 5 nitrogen and oxygen atoms in total. The molecule has 1 aromatic heterocycles. The molecule has 2 heterocycles. The zero-order valence-electron chi connectivity index (χ0n) is 12.5. The zero-order valence-corrected chi connectivity index (χ0v) is 14.1. The van der Waals surface area contributed by atoms with Gasteiger partial charge in [0.25, 0.3) is 5.91 Å². The normalized spacial score (nSPS) is 18.6. The van der Waals surface area contributed by atoms with E-state index in [4.69, 9.17) is 4.74 Å². The van der Waals surface area contributed by atoms with Crippen molar-refractivity contribution in [3.8, 4) is 0 Å². The van der Waals surface area contributed by atoms with Crippen LogP contribution in [0.2, 0.25) is 0 Å². The van der Waals surface area contributed by atoms with Crippen LogP contribution in [0.1, 0.15) is 43.6 Å². The molecule has 1 fully saturated rings. The minimum absolute atomic E-state index is 0.0969. The molecular formula is C15H21BrN2O3. The predicted octanol–water partition coefficient (Wildman–Crippen LogP) is 2.83. The molecule has 116 valence electrons. The number of carbonyl (C=O) groups excluding carboxylic acids is 2. The highest BCUT2D eigenvalue weighted by molar-refractivity contribution is 9.10. The second-order valence-corrected chi connectivity index (χ2v) is 6.01. The lowest BCUT2D eigenvalue weighted by Gasteiger charge is -2.34. The first-order valence-corrected chi connectivity index (χ1v) is 8.21. The van der Waals surface area contributed by atoms with Crippen LogP contribution in [-0.4, -0.2) is 40.5 Å². The zero-order chi connectivity index (χ0) is 15.4. The molecule has 0 N–H and O–H groups in total. The lowest BCUT2D eigenvalue weighted by Crippen LogP contribution is -2.49. The van der Waals surface area contributed by atoms with Gasteiger partial charge in [-0.05, 0) is 55.1 Å². The van der Waals surface area contributed by atoms with Crippen molar-refractivity contribution >= 4 is 27.8 Å². The molecule has 21 heavy (non-hydrogen) atoms. The molecule has 1 atom stereocenters. The van der Waals surface area contributed by atoms with Gasteiger partial charge in [0.2, 0.25) is 0 Å². The van der Waals surface area contributed by atoms with Crippen molar-refractivity contribution in [3.63, 3.8) is 0 Å². The first kappa shape index (κ1) is 16.1. The van der Waals surface area contributed by atoms with E-state index in [0.717, 1.165) is 17.3 Å². The Morgan fingerprint density at radius 1 is 1.38 bits per heavy atom. The number of aromatic nitrogens is 1. The molecule has 0 aliphatic carbocycles. The lowest BCUT2D eigenvalue weighted by atomic mass is 10.0. The topological polar surface area (TPSA) is 51.5 Å². The summed E-state index contributed by atoms with van der Waals surface area (Å²) in [6.07, 6.45) is 4.44. The van der Waals surface area contributed by atoms with Gasteiger partial charge in [-0.3, -0.25) is 4.79 Å². The van der Waals surface area contributed by atoms with Crippen LogP contribution in [0.5, 0.6) is 0 Å². The maximum Gasteiger partial charge on any atom is 0.328 e. The number of ether oxygens (including phenoxy) is 1. The summed E-state index contributed by atoms with van der Waals surface area (Å²) in [5, 5.41) is 0. The second-order valence-electron chi connectivity index (χ2n) is 5.09. The second kappa shape index (κ2) is 7.11.